The summed E-state index contributed by atoms with van der Waals surface area (Å²) in [5, 5.41) is 10.7. The molecule has 0 atom stereocenters. The van der Waals surface area contributed by atoms with Crippen molar-refractivity contribution in [1.82, 2.24) is 0 Å². The van der Waals surface area contributed by atoms with Crippen LogP contribution in [0.4, 0.5) is 5.00 Å². The normalized spacial score (nSPS) is 10.2. The van der Waals surface area contributed by atoms with Gasteiger partial charge in [-0.05, 0) is 33.4 Å². The Balaban J connectivity index is 2.93. The Hall–Kier alpha value is -1.05. The van der Waals surface area contributed by atoms with E-state index in [1.165, 1.54) is 11.3 Å². The van der Waals surface area contributed by atoms with Gasteiger partial charge in [0.05, 0.1) is 15.3 Å². The first kappa shape index (κ1) is 8.54. The van der Waals surface area contributed by atoms with Gasteiger partial charge in [0.15, 0.2) is 0 Å². The summed E-state index contributed by atoms with van der Waals surface area (Å²) in [7, 11) is 0. The van der Waals surface area contributed by atoms with Crippen molar-refractivity contribution in [3.8, 4) is 6.07 Å². The minimum absolute atomic E-state index is 0.666. The fourth-order valence-corrected chi connectivity index (χ4v) is 2.68. The third-order valence-corrected chi connectivity index (χ3v) is 3.43. The minimum Gasteiger partial charge on any atom is -0.391 e. The first-order chi connectivity index (χ1) is 6.22. The van der Waals surface area contributed by atoms with Gasteiger partial charge in [0, 0.05) is 4.47 Å². The van der Waals surface area contributed by atoms with E-state index >= 15 is 0 Å². The van der Waals surface area contributed by atoms with Crippen LogP contribution in [0.25, 0.3) is 10.1 Å². The van der Waals surface area contributed by atoms with Crippen molar-refractivity contribution in [2.24, 2.45) is 0 Å². The maximum atomic E-state index is 8.91. The van der Waals surface area contributed by atoms with Gasteiger partial charge in [-0.2, -0.15) is 5.26 Å². The molecule has 0 radical (unpaired) electrons. The topological polar surface area (TPSA) is 49.8 Å². The predicted octanol–water partition coefficient (Wildman–Crippen LogP) is 3.12. The van der Waals surface area contributed by atoms with E-state index in [0.29, 0.717) is 5.56 Å². The molecule has 0 aliphatic heterocycles. The van der Waals surface area contributed by atoms with Crippen LogP contribution in [0.3, 0.4) is 0 Å². The summed E-state index contributed by atoms with van der Waals surface area (Å²) >= 11 is 4.77. The van der Waals surface area contributed by atoms with E-state index in [9.17, 15) is 0 Å². The van der Waals surface area contributed by atoms with Crippen LogP contribution in [0, 0.1) is 11.3 Å². The van der Waals surface area contributed by atoms with Crippen molar-refractivity contribution in [2.45, 2.75) is 0 Å². The van der Waals surface area contributed by atoms with Gasteiger partial charge in [0.1, 0.15) is 6.07 Å². The molecule has 2 aromatic rings. The molecule has 0 bridgehead atoms. The number of thiophene rings is 1. The minimum atomic E-state index is 0.666. The molecule has 0 saturated heterocycles. The fraction of sp³-hybridized carbons (Fsp3) is 0. The number of anilines is 1. The molecule has 0 aliphatic carbocycles. The highest BCUT2D eigenvalue weighted by Crippen LogP contribution is 2.33. The monoisotopic (exact) mass is 252 g/mol. The van der Waals surface area contributed by atoms with Crippen LogP contribution in [0.2, 0.25) is 0 Å². The molecule has 0 saturated carbocycles. The van der Waals surface area contributed by atoms with Crippen molar-refractivity contribution >= 4 is 42.4 Å². The lowest BCUT2D eigenvalue weighted by Gasteiger charge is -1.94. The van der Waals surface area contributed by atoms with Gasteiger partial charge >= 0.3 is 0 Å². The number of fused-ring (bicyclic) bond motifs is 1. The molecule has 0 unspecified atom stereocenters. The lowest BCUT2D eigenvalue weighted by molar-refractivity contribution is 1.50. The molecule has 0 aliphatic rings. The van der Waals surface area contributed by atoms with E-state index in [4.69, 9.17) is 11.0 Å². The van der Waals surface area contributed by atoms with Crippen LogP contribution in [0.1, 0.15) is 5.56 Å². The zero-order valence-electron chi connectivity index (χ0n) is 6.54. The van der Waals surface area contributed by atoms with Crippen LogP contribution >= 0.6 is 27.3 Å². The molecule has 1 aromatic heterocycles. The highest BCUT2D eigenvalue weighted by Gasteiger charge is 2.07. The molecule has 2 rings (SSSR count). The van der Waals surface area contributed by atoms with Gasteiger partial charge in [-0.15, -0.1) is 11.3 Å². The second kappa shape index (κ2) is 3.02. The summed E-state index contributed by atoms with van der Waals surface area (Å²) in [6.45, 7) is 0. The molecule has 2 N–H and O–H groups in total. The SMILES string of the molecule is N#Cc1c(Br)ccc2cc(N)sc12. The van der Waals surface area contributed by atoms with Gasteiger partial charge in [0.25, 0.3) is 0 Å². The van der Waals surface area contributed by atoms with E-state index in [1.54, 1.807) is 0 Å². The molecule has 0 fully saturated rings. The number of benzene rings is 1. The summed E-state index contributed by atoms with van der Waals surface area (Å²) < 4.78 is 1.78. The molecule has 1 heterocycles. The van der Waals surface area contributed by atoms with Crippen molar-refractivity contribution < 1.29 is 0 Å². The van der Waals surface area contributed by atoms with Gasteiger partial charge in [-0.1, -0.05) is 6.07 Å². The summed E-state index contributed by atoms with van der Waals surface area (Å²) in [5.74, 6) is 0. The highest BCUT2D eigenvalue weighted by molar-refractivity contribution is 9.10. The summed E-state index contributed by atoms with van der Waals surface area (Å²) in [4.78, 5) is 0. The van der Waals surface area contributed by atoms with Crippen molar-refractivity contribution in [1.29, 1.82) is 5.26 Å². The zero-order chi connectivity index (χ0) is 9.42. The fourth-order valence-electron chi connectivity index (χ4n) is 1.20. The summed E-state index contributed by atoms with van der Waals surface area (Å²) in [6, 6.07) is 7.86. The first-order valence-electron chi connectivity index (χ1n) is 3.60. The number of nitrogen functional groups attached to an aromatic ring is 1. The number of hydrogen-bond acceptors (Lipinski definition) is 3. The Labute approximate surface area is 87.7 Å². The van der Waals surface area contributed by atoms with Crippen LogP contribution in [0.15, 0.2) is 22.7 Å². The zero-order valence-corrected chi connectivity index (χ0v) is 8.95. The third-order valence-electron chi connectivity index (χ3n) is 1.77. The molecule has 0 spiro atoms. The van der Waals surface area contributed by atoms with E-state index in [-0.39, 0.29) is 0 Å². The summed E-state index contributed by atoms with van der Waals surface area (Å²) in [6.07, 6.45) is 0. The molecular weight excluding hydrogens is 248 g/mol. The Morgan fingerprint density at radius 2 is 2.23 bits per heavy atom. The van der Waals surface area contributed by atoms with Crippen LogP contribution < -0.4 is 5.73 Å². The third kappa shape index (κ3) is 1.30. The maximum absolute atomic E-state index is 8.91. The number of nitriles is 1. The lowest BCUT2D eigenvalue weighted by Crippen LogP contribution is -1.75. The van der Waals surface area contributed by atoms with Gasteiger partial charge in [-0.25, -0.2) is 0 Å². The molecule has 1 aromatic carbocycles. The lowest BCUT2D eigenvalue weighted by atomic mass is 10.2. The van der Waals surface area contributed by atoms with Crippen LogP contribution in [-0.2, 0) is 0 Å². The standard InChI is InChI=1S/C9H5BrN2S/c10-7-2-1-5-3-8(12)13-9(5)6(7)4-11/h1-3H,12H2. The van der Waals surface area contributed by atoms with E-state index in [0.717, 1.165) is 19.6 Å². The second-order valence-electron chi connectivity index (χ2n) is 2.60. The van der Waals surface area contributed by atoms with Gasteiger partial charge in [0.2, 0.25) is 0 Å². The molecule has 2 nitrogen and oxygen atoms in total. The molecule has 4 heteroatoms. The average molecular weight is 253 g/mol. The maximum Gasteiger partial charge on any atom is 0.102 e. The van der Waals surface area contributed by atoms with Crippen molar-refractivity contribution in [3.63, 3.8) is 0 Å². The Kier molecular flexibility index (Phi) is 1.98. The molecule has 64 valence electrons. The largest absolute Gasteiger partial charge is 0.391 e. The number of nitrogens with zero attached hydrogens (tertiary/aromatic N) is 1. The number of nitrogens with two attached hydrogens (primary N) is 1. The number of rotatable bonds is 0. The molecular formula is C9H5BrN2S. The van der Waals surface area contributed by atoms with Crippen molar-refractivity contribution in [2.75, 3.05) is 5.73 Å². The van der Waals surface area contributed by atoms with Crippen molar-refractivity contribution in [3.05, 3.63) is 28.2 Å². The quantitative estimate of drug-likeness (QED) is 0.784. The molecule has 13 heavy (non-hydrogen) atoms. The Bertz CT molecular complexity index is 510. The second-order valence-corrected chi connectivity index (χ2v) is 4.54. The Morgan fingerprint density at radius 3 is 2.92 bits per heavy atom. The highest BCUT2D eigenvalue weighted by atomic mass is 79.9. The van der Waals surface area contributed by atoms with E-state index in [2.05, 4.69) is 22.0 Å². The van der Waals surface area contributed by atoms with E-state index < -0.39 is 0 Å². The summed E-state index contributed by atoms with van der Waals surface area (Å²) in [5.41, 5.74) is 6.32. The van der Waals surface area contributed by atoms with Gasteiger partial charge in [-0.3, -0.25) is 0 Å². The Morgan fingerprint density at radius 1 is 1.46 bits per heavy atom. The number of hydrogen-bond donors (Lipinski definition) is 1. The molecule has 0 amide bonds. The van der Waals surface area contributed by atoms with Gasteiger partial charge < -0.3 is 5.73 Å². The van der Waals surface area contributed by atoms with Crippen LogP contribution in [0.5, 0.6) is 0 Å². The average Bonchev–Trinajstić information content (AvgIpc) is 2.45. The van der Waals surface area contributed by atoms with Crippen LogP contribution in [-0.4, -0.2) is 0 Å². The predicted molar refractivity (Wildman–Crippen MR) is 58.7 cm³/mol. The first-order valence-corrected chi connectivity index (χ1v) is 5.21. The van der Waals surface area contributed by atoms with E-state index in [1.807, 2.05) is 18.2 Å². The number of halogens is 1. The smallest absolute Gasteiger partial charge is 0.102 e.